The molecule has 28 heavy (non-hydrogen) atoms. The number of esters is 1. The van der Waals surface area contributed by atoms with Gasteiger partial charge in [0, 0.05) is 25.0 Å². The normalized spacial score (nSPS) is 18.1. The fourth-order valence-electron chi connectivity index (χ4n) is 4.29. The van der Waals surface area contributed by atoms with E-state index in [2.05, 4.69) is 10.2 Å². The number of carbonyl (C=O) groups excluding carboxylic acids is 2. The van der Waals surface area contributed by atoms with Crippen LogP contribution in [0.2, 0.25) is 0 Å². The van der Waals surface area contributed by atoms with Crippen molar-refractivity contribution in [3.8, 4) is 0 Å². The molecule has 7 heteroatoms. The molecule has 1 amide bonds. The van der Waals surface area contributed by atoms with Crippen molar-refractivity contribution in [2.24, 2.45) is 5.92 Å². The van der Waals surface area contributed by atoms with Gasteiger partial charge in [-0.25, -0.2) is 4.79 Å². The molecule has 7 nitrogen and oxygen atoms in total. The summed E-state index contributed by atoms with van der Waals surface area (Å²) in [6, 6.07) is 7.56. The summed E-state index contributed by atoms with van der Waals surface area (Å²) in [6.07, 6.45) is 4.99. The number of piperazine rings is 1. The highest BCUT2D eigenvalue weighted by Crippen LogP contribution is 2.31. The molecule has 1 aromatic carbocycles. The number of fused-ring (bicyclic) bond motifs is 1. The fourth-order valence-corrected chi connectivity index (χ4v) is 4.29. The predicted molar refractivity (Wildman–Crippen MR) is 106 cm³/mol. The van der Waals surface area contributed by atoms with Crippen LogP contribution in [0.15, 0.2) is 24.3 Å². The summed E-state index contributed by atoms with van der Waals surface area (Å²) in [6.45, 7) is 4.45. The Kier molecular flexibility index (Phi) is 5.41. The van der Waals surface area contributed by atoms with Gasteiger partial charge in [-0.05, 0) is 31.7 Å². The van der Waals surface area contributed by atoms with Crippen LogP contribution >= 0.6 is 0 Å². The number of ether oxygens (including phenoxy) is 1. The summed E-state index contributed by atoms with van der Waals surface area (Å²) in [4.78, 5) is 29.3. The van der Waals surface area contributed by atoms with E-state index in [9.17, 15) is 9.59 Å². The van der Waals surface area contributed by atoms with Crippen LogP contribution in [0, 0.1) is 5.92 Å². The van der Waals surface area contributed by atoms with Crippen molar-refractivity contribution in [2.45, 2.75) is 32.6 Å². The zero-order valence-corrected chi connectivity index (χ0v) is 16.3. The molecule has 148 valence electrons. The third-order valence-electron chi connectivity index (χ3n) is 5.70. The van der Waals surface area contributed by atoms with Gasteiger partial charge in [-0.15, -0.1) is 10.2 Å². The van der Waals surface area contributed by atoms with Gasteiger partial charge in [0.25, 0.3) is 0 Å². The van der Waals surface area contributed by atoms with Gasteiger partial charge in [0.2, 0.25) is 5.91 Å². The number of amides is 1. The van der Waals surface area contributed by atoms with Crippen LogP contribution in [0.5, 0.6) is 0 Å². The lowest BCUT2D eigenvalue weighted by Crippen LogP contribution is -2.52. The van der Waals surface area contributed by atoms with E-state index in [1.165, 1.54) is 25.7 Å². The number of hydrogen-bond donors (Lipinski definition) is 0. The van der Waals surface area contributed by atoms with E-state index in [1.54, 1.807) is 6.92 Å². The van der Waals surface area contributed by atoms with Crippen molar-refractivity contribution in [3.05, 3.63) is 30.0 Å². The Bertz CT molecular complexity index is 879. The first-order valence-corrected chi connectivity index (χ1v) is 10.1. The van der Waals surface area contributed by atoms with Crippen molar-refractivity contribution < 1.29 is 14.3 Å². The predicted octanol–water partition coefficient (Wildman–Crippen LogP) is 2.65. The van der Waals surface area contributed by atoms with E-state index in [4.69, 9.17) is 4.74 Å². The van der Waals surface area contributed by atoms with Crippen LogP contribution in [0.4, 0.5) is 5.69 Å². The number of aromatic nitrogens is 2. The molecule has 1 aliphatic carbocycles. The van der Waals surface area contributed by atoms with E-state index in [-0.39, 0.29) is 24.8 Å². The molecule has 0 unspecified atom stereocenters. The molecule has 2 fully saturated rings. The highest BCUT2D eigenvalue weighted by molar-refractivity contribution is 6.04. The van der Waals surface area contributed by atoms with Crippen LogP contribution in [-0.2, 0) is 9.53 Å². The molecule has 2 aromatic rings. The molecule has 0 spiro atoms. The minimum absolute atomic E-state index is 0.105. The Labute approximate surface area is 164 Å². The van der Waals surface area contributed by atoms with Crippen molar-refractivity contribution in [2.75, 3.05) is 37.7 Å². The zero-order valence-electron chi connectivity index (χ0n) is 16.3. The maximum Gasteiger partial charge on any atom is 0.361 e. The Morgan fingerprint density at radius 1 is 1.18 bits per heavy atom. The van der Waals surface area contributed by atoms with Crippen LogP contribution in [0.1, 0.15) is 43.1 Å². The average Bonchev–Trinajstić information content (AvgIpc) is 3.22. The average molecular weight is 382 g/mol. The second-order valence-electron chi connectivity index (χ2n) is 7.55. The number of rotatable bonds is 5. The first-order chi connectivity index (χ1) is 13.7. The number of benzene rings is 1. The van der Waals surface area contributed by atoms with Crippen molar-refractivity contribution in [1.82, 2.24) is 15.1 Å². The first kappa shape index (κ1) is 18.7. The van der Waals surface area contributed by atoms with Crippen LogP contribution in [0.3, 0.4) is 0 Å². The summed E-state index contributed by atoms with van der Waals surface area (Å²) in [7, 11) is 0. The smallest absolute Gasteiger partial charge is 0.361 e. The molecule has 0 bridgehead atoms. The largest absolute Gasteiger partial charge is 0.461 e. The van der Waals surface area contributed by atoms with Crippen molar-refractivity contribution in [1.29, 1.82) is 0 Å². The summed E-state index contributed by atoms with van der Waals surface area (Å²) >= 11 is 0. The summed E-state index contributed by atoms with van der Waals surface area (Å²) < 4.78 is 5.18. The summed E-state index contributed by atoms with van der Waals surface area (Å²) in [5, 5.41) is 9.12. The van der Waals surface area contributed by atoms with Gasteiger partial charge in [-0.3, -0.25) is 4.79 Å². The molecule has 1 saturated heterocycles. The lowest BCUT2D eigenvalue weighted by atomic mass is 10.1. The quantitative estimate of drug-likeness (QED) is 0.740. The van der Waals surface area contributed by atoms with Gasteiger partial charge in [0.05, 0.1) is 24.4 Å². The maximum absolute atomic E-state index is 12.8. The van der Waals surface area contributed by atoms with Crippen LogP contribution in [-0.4, -0.2) is 59.8 Å². The van der Waals surface area contributed by atoms with E-state index >= 15 is 0 Å². The topological polar surface area (TPSA) is 75.6 Å². The molecule has 1 saturated carbocycles. The van der Waals surface area contributed by atoms with E-state index in [0.29, 0.717) is 30.2 Å². The molecular weight excluding hydrogens is 356 g/mol. The van der Waals surface area contributed by atoms with E-state index in [1.807, 2.05) is 34.1 Å². The second-order valence-corrected chi connectivity index (χ2v) is 7.55. The van der Waals surface area contributed by atoms with Gasteiger partial charge < -0.3 is 14.5 Å². The number of nitrogens with zero attached hydrogens (tertiary/aromatic N) is 4. The third kappa shape index (κ3) is 3.66. The van der Waals surface area contributed by atoms with E-state index < -0.39 is 5.97 Å². The maximum atomic E-state index is 12.8. The highest BCUT2D eigenvalue weighted by atomic mass is 16.5. The summed E-state index contributed by atoms with van der Waals surface area (Å²) in [5.41, 5.74) is 1.53. The standard InChI is InChI=1S/C21H26N4O3/c1-2-28-21(27)19-20(16-9-5-6-10-17(16)22-23-19)25-12-11-24(18(26)14-25)13-15-7-3-4-8-15/h5-6,9-10,15H,2-4,7-8,11-14H2,1H3. The fraction of sp³-hybridized carbons (Fsp3) is 0.524. The van der Waals surface area contributed by atoms with Gasteiger partial charge in [-0.1, -0.05) is 31.0 Å². The molecule has 2 heterocycles. The van der Waals surface area contributed by atoms with Gasteiger partial charge in [0.15, 0.2) is 5.69 Å². The Morgan fingerprint density at radius 3 is 2.71 bits per heavy atom. The molecule has 0 N–H and O–H groups in total. The lowest BCUT2D eigenvalue weighted by Gasteiger charge is -2.37. The van der Waals surface area contributed by atoms with Gasteiger partial charge in [0.1, 0.15) is 0 Å². The second kappa shape index (κ2) is 8.12. The number of hydrogen-bond acceptors (Lipinski definition) is 6. The van der Waals surface area contributed by atoms with E-state index in [0.717, 1.165) is 11.9 Å². The molecule has 1 aromatic heterocycles. The van der Waals surface area contributed by atoms with Crippen LogP contribution < -0.4 is 4.90 Å². The van der Waals surface area contributed by atoms with Crippen molar-refractivity contribution >= 4 is 28.5 Å². The minimum Gasteiger partial charge on any atom is -0.461 e. The monoisotopic (exact) mass is 382 g/mol. The highest BCUT2D eigenvalue weighted by Gasteiger charge is 2.31. The third-order valence-corrected chi connectivity index (χ3v) is 5.70. The lowest BCUT2D eigenvalue weighted by molar-refractivity contribution is -0.131. The van der Waals surface area contributed by atoms with Crippen molar-refractivity contribution in [3.63, 3.8) is 0 Å². The Morgan fingerprint density at radius 2 is 1.96 bits per heavy atom. The first-order valence-electron chi connectivity index (χ1n) is 10.1. The molecule has 0 radical (unpaired) electrons. The number of anilines is 1. The zero-order chi connectivity index (χ0) is 19.5. The SMILES string of the molecule is CCOC(=O)c1nnc2ccccc2c1N1CCN(CC2CCCC2)C(=O)C1. The molecule has 1 aliphatic heterocycles. The Hall–Kier alpha value is -2.70. The van der Waals surface area contributed by atoms with Crippen LogP contribution in [0.25, 0.3) is 10.9 Å². The number of carbonyl (C=O) groups is 2. The molecule has 2 aliphatic rings. The molecule has 4 rings (SSSR count). The molecule has 0 atom stereocenters. The van der Waals surface area contributed by atoms with Gasteiger partial charge >= 0.3 is 5.97 Å². The van der Waals surface area contributed by atoms with Gasteiger partial charge in [-0.2, -0.15) is 0 Å². The summed E-state index contributed by atoms with van der Waals surface area (Å²) in [5.74, 6) is 0.236. The minimum atomic E-state index is -0.503. The molecular formula is C21H26N4O3. The Balaban J connectivity index is 1.62.